The number of hydrogen-bond donors (Lipinski definition) is 2. The Morgan fingerprint density at radius 2 is 2.23 bits per heavy atom. The van der Waals surface area contributed by atoms with Gasteiger partial charge in [0.1, 0.15) is 6.10 Å². The van der Waals surface area contributed by atoms with Crippen LogP contribution in [0.15, 0.2) is 12.3 Å². The van der Waals surface area contributed by atoms with E-state index < -0.39 is 12.2 Å². The second-order valence-electron chi connectivity index (χ2n) is 3.16. The van der Waals surface area contributed by atoms with Crippen LogP contribution >= 0.6 is 0 Å². The Morgan fingerprint density at radius 1 is 1.54 bits per heavy atom. The molecule has 0 aromatic carbocycles. The molecule has 2 N–H and O–H groups in total. The highest BCUT2D eigenvalue weighted by molar-refractivity contribution is 5.05. The normalized spacial score (nSPS) is 15.7. The number of nitrogens with zero attached hydrogens (tertiary/aromatic N) is 2. The molecule has 0 bridgehead atoms. The molecule has 4 nitrogen and oxygen atoms in total. The van der Waals surface area contributed by atoms with Gasteiger partial charge in [-0.05, 0) is 19.4 Å². The first-order chi connectivity index (χ1) is 6.16. The van der Waals surface area contributed by atoms with E-state index in [-0.39, 0.29) is 0 Å². The Morgan fingerprint density at radius 3 is 2.77 bits per heavy atom. The van der Waals surface area contributed by atoms with Crippen LogP contribution in [0.1, 0.15) is 32.1 Å². The molecule has 0 spiro atoms. The molecular formula is C9H16N2O2. The molecule has 74 valence electrons. The predicted octanol–water partition coefficient (Wildman–Crippen LogP) is 0.707. The summed E-state index contributed by atoms with van der Waals surface area (Å²) in [6.45, 7) is 4.38. The third-order valence-electron chi connectivity index (χ3n) is 1.94. The van der Waals surface area contributed by atoms with Gasteiger partial charge in [0.15, 0.2) is 0 Å². The highest BCUT2D eigenvalue weighted by Crippen LogP contribution is 2.16. The van der Waals surface area contributed by atoms with Crippen LogP contribution < -0.4 is 0 Å². The van der Waals surface area contributed by atoms with E-state index in [1.54, 1.807) is 23.9 Å². The second kappa shape index (κ2) is 4.39. The van der Waals surface area contributed by atoms with Crippen LogP contribution in [0.3, 0.4) is 0 Å². The third-order valence-corrected chi connectivity index (χ3v) is 1.94. The standard InChI is InChI=1S/C9H16N2O2/c1-3-6-11-8(4-5-10-11)9(13)7(2)12/h4-5,7,9,12-13H,3,6H2,1-2H3. The highest BCUT2D eigenvalue weighted by atomic mass is 16.3. The van der Waals surface area contributed by atoms with Gasteiger partial charge in [0.25, 0.3) is 0 Å². The van der Waals surface area contributed by atoms with Crippen molar-refractivity contribution in [2.24, 2.45) is 0 Å². The zero-order valence-electron chi connectivity index (χ0n) is 8.01. The second-order valence-corrected chi connectivity index (χ2v) is 3.16. The fourth-order valence-corrected chi connectivity index (χ4v) is 1.24. The first kappa shape index (κ1) is 10.2. The van der Waals surface area contributed by atoms with Crippen LogP contribution in [0, 0.1) is 0 Å². The summed E-state index contributed by atoms with van der Waals surface area (Å²) in [4.78, 5) is 0. The van der Waals surface area contributed by atoms with Gasteiger partial charge < -0.3 is 10.2 Å². The first-order valence-electron chi connectivity index (χ1n) is 4.54. The minimum Gasteiger partial charge on any atom is -0.390 e. The maximum Gasteiger partial charge on any atom is 0.121 e. The van der Waals surface area contributed by atoms with E-state index >= 15 is 0 Å². The summed E-state index contributed by atoms with van der Waals surface area (Å²) < 4.78 is 1.72. The average Bonchev–Trinajstić information content (AvgIpc) is 2.52. The van der Waals surface area contributed by atoms with E-state index in [9.17, 15) is 10.2 Å². The lowest BCUT2D eigenvalue weighted by Gasteiger charge is -2.15. The molecule has 0 amide bonds. The Hall–Kier alpha value is -0.870. The van der Waals surface area contributed by atoms with Crippen molar-refractivity contribution in [3.63, 3.8) is 0 Å². The predicted molar refractivity (Wildman–Crippen MR) is 49.2 cm³/mol. The number of aryl methyl sites for hydroxylation is 1. The zero-order valence-corrected chi connectivity index (χ0v) is 8.01. The molecule has 0 aliphatic heterocycles. The van der Waals surface area contributed by atoms with Gasteiger partial charge in [0.05, 0.1) is 11.8 Å². The van der Waals surface area contributed by atoms with Crippen molar-refractivity contribution in [1.82, 2.24) is 9.78 Å². The molecule has 4 heteroatoms. The molecule has 0 saturated heterocycles. The zero-order chi connectivity index (χ0) is 9.84. The molecule has 1 heterocycles. The summed E-state index contributed by atoms with van der Waals surface area (Å²) in [7, 11) is 0. The SMILES string of the molecule is CCCn1nccc1C(O)C(C)O. The molecule has 0 radical (unpaired) electrons. The largest absolute Gasteiger partial charge is 0.390 e. The van der Waals surface area contributed by atoms with Crippen LogP contribution in [0.5, 0.6) is 0 Å². The van der Waals surface area contributed by atoms with Crippen LogP contribution in [-0.4, -0.2) is 26.1 Å². The van der Waals surface area contributed by atoms with Crippen molar-refractivity contribution in [3.8, 4) is 0 Å². The van der Waals surface area contributed by atoms with Gasteiger partial charge >= 0.3 is 0 Å². The van der Waals surface area contributed by atoms with Crippen molar-refractivity contribution < 1.29 is 10.2 Å². The lowest BCUT2D eigenvalue weighted by Crippen LogP contribution is -2.18. The summed E-state index contributed by atoms with van der Waals surface area (Å²) in [5, 5.41) is 22.8. The minimum absolute atomic E-state index is 0.678. The molecule has 0 aliphatic carbocycles. The molecule has 13 heavy (non-hydrogen) atoms. The maximum absolute atomic E-state index is 9.58. The van der Waals surface area contributed by atoms with Gasteiger partial charge in [-0.1, -0.05) is 6.92 Å². The monoisotopic (exact) mass is 184 g/mol. The summed E-state index contributed by atoms with van der Waals surface area (Å²) in [6.07, 6.45) is 0.999. The fraction of sp³-hybridized carbons (Fsp3) is 0.667. The van der Waals surface area contributed by atoms with Crippen molar-refractivity contribution in [2.45, 2.75) is 39.0 Å². The number of aliphatic hydroxyl groups is 2. The van der Waals surface area contributed by atoms with Crippen molar-refractivity contribution in [1.29, 1.82) is 0 Å². The maximum atomic E-state index is 9.58. The number of aromatic nitrogens is 2. The van der Waals surface area contributed by atoms with Crippen LogP contribution in [0.25, 0.3) is 0 Å². The van der Waals surface area contributed by atoms with Crippen LogP contribution in [0.2, 0.25) is 0 Å². The van der Waals surface area contributed by atoms with E-state index in [1.165, 1.54) is 0 Å². The Balaban J connectivity index is 2.80. The lowest BCUT2D eigenvalue weighted by molar-refractivity contribution is 0.0248. The van der Waals surface area contributed by atoms with Gasteiger partial charge in [-0.25, -0.2) is 0 Å². The van der Waals surface area contributed by atoms with Gasteiger partial charge in [-0.15, -0.1) is 0 Å². The molecule has 0 saturated carbocycles. The molecule has 0 aliphatic rings. The van der Waals surface area contributed by atoms with E-state index in [1.807, 2.05) is 6.92 Å². The van der Waals surface area contributed by atoms with Gasteiger partial charge in [0.2, 0.25) is 0 Å². The molecule has 1 aromatic heterocycles. The summed E-state index contributed by atoms with van der Waals surface area (Å²) in [6, 6.07) is 1.73. The smallest absolute Gasteiger partial charge is 0.121 e. The third kappa shape index (κ3) is 2.29. The van der Waals surface area contributed by atoms with E-state index in [2.05, 4.69) is 5.10 Å². The van der Waals surface area contributed by atoms with E-state index in [4.69, 9.17) is 0 Å². The van der Waals surface area contributed by atoms with Crippen molar-refractivity contribution in [3.05, 3.63) is 18.0 Å². The molecular weight excluding hydrogens is 168 g/mol. The summed E-state index contributed by atoms with van der Waals surface area (Å²) in [5.41, 5.74) is 0.678. The van der Waals surface area contributed by atoms with Crippen LogP contribution in [-0.2, 0) is 6.54 Å². The molecule has 1 rings (SSSR count). The van der Waals surface area contributed by atoms with Crippen molar-refractivity contribution in [2.75, 3.05) is 0 Å². The average molecular weight is 184 g/mol. The Kier molecular flexibility index (Phi) is 3.45. The van der Waals surface area contributed by atoms with Crippen LogP contribution in [0.4, 0.5) is 0 Å². The number of aliphatic hydroxyl groups excluding tert-OH is 2. The minimum atomic E-state index is -0.839. The molecule has 2 unspecified atom stereocenters. The van der Waals surface area contributed by atoms with E-state index in [0.29, 0.717) is 5.69 Å². The van der Waals surface area contributed by atoms with Crippen molar-refractivity contribution >= 4 is 0 Å². The first-order valence-corrected chi connectivity index (χ1v) is 4.54. The fourth-order valence-electron chi connectivity index (χ4n) is 1.24. The molecule has 0 fully saturated rings. The molecule has 1 aromatic rings. The van der Waals surface area contributed by atoms with Gasteiger partial charge in [-0.3, -0.25) is 4.68 Å². The lowest BCUT2D eigenvalue weighted by atomic mass is 10.1. The van der Waals surface area contributed by atoms with E-state index in [0.717, 1.165) is 13.0 Å². The number of hydrogen-bond acceptors (Lipinski definition) is 3. The number of rotatable bonds is 4. The molecule has 2 atom stereocenters. The Bertz CT molecular complexity index is 258. The topological polar surface area (TPSA) is 58.3 Å². The quantitative estimate of drug-likeness (QED) is 0.724. The summed E-state index contributed by atoms with van der Waals surface area (Å²) in [5.74, 6) is 0. The van der Waals surface area contributed by atoms with Gasteiger partial charge in [0, 0.05) is 12.7 Å². The highest BCUT2D eigenvalue weighted by Gasteiger charge is 2.17. The Labute approximate surface area is 77.8 Å². The summed E-state index contributed by atoms with van der Waals surface area (Å²) >= 11 is 0. The van der Waals surface area contributed by atoms with Gasteiger partial charge in [-0.2, -0.15) is 5.10 Å².